The number of hydrogen-bond donors (Lipinski definition) is 4. The summed E-state index contributed by atoms with van der Waals surface area (Å²) in [5.41, 5.74) is 1.65. The summed E-state index contributed by atoms with van der Waals surface area (Å²) in [6.07, 6.45) is -1.09. The predicted octanol–water partition coefficient (Wildman–Crippen LogP) is 4.49. The lowest BCUT2D eigenvalue weighted by Gasteiger charge is -2.09. The molecule has 10 heteroatoms. The van der Waals surface area contributed by atoms with Crippen molar-refractivity contribution in [3.63, 3.8) is 0 Å². The monoisotopic (exact) mass is 440 g/mol. The molecule has 4 rings (SSSR count). The molecule has 0 radical (unpaired) electrons. The van der Waals surface area contributed by atoms with Crippen LogP contribution in [0.2, 0.25) is 0 Å². The molecular formula is C22H15F3N4O3. The van der Waals surface area contributed by atoms with Gasteiger partial charge in [-0.2, -0.15) is 13.2 Å². The number of hydrogen-bond acceptors (Lipinski definition) is 3. The number of rotatable bonds is 3. The van der Waals surface area contributed by atoms with Crippen LogP contribution in [0.1, 0.15) is 27.2 Å². The second-order valence-corrected chi connectivity index (χ2v) is 6.88. The van der Waals surface area contributed by atoms with Crippen LogP contribution in [0.5, 0.6) is 0 Å². The molecule has 162 valence electrons. The fraction of sp³-hybridized carbons (Fsp3) is 0.0455. The van der Waals surface area contributed by atoms with Crippen LogP contribution in [0.3, 0.4) is 0 Å². The van der Waals surface area contributed by atoms with Gasteiger partial charge >= 0.3 is 12.2 Å². The predicted molar refractivity (Wildman–Crippen MR) is 112 cm³/mol. The van der Waals surface area contributed by atoms with E-state index in [-0.39, 0.29) is 11.5 Å². The molecule has 0 bridgehead atoms. The molecule has 2 heterocycles. The number of amides is 4. The molecule has 0 aliphatic carbocycles. The van der Waals surface area contributed by atoms with Gasteiger partial charge in [-0.15, -0.1) is 0 Å². The Balaban J connectivity index is 1.43. The molecule has 32 heavy (non-hydrogen) atoms. The first-order valence-electron chi connectivity index (χ1n) is 9.31. The van der Waals surface area contributed by atoms with Crippen LogP contribution in [0.25, 0.3) is 11.6 Å². The van der Waals surface area contributed by atoms with E-state index in [4.69, 9.17) is 0 Å². The zero-order chi connectivity index (χ0) is 22.9. The molecule has 3 aromatic rings. The van der Waals surface area contributed by atoms with Gasteiger partial charge in [0.2, 0.25) is 0 Å². The number of urea groups is 1. The Hall–Kier alpha value is -4.34. The summed E-state index contributed by atoms with van der Waals surface area (Å²) in [5.74, 6) is -1.16. The van der Waals surface area contributed by atoms with Crippen LogP contribution in [0.15, 0.2) is 60.8 Å². The molecule has 0 fully saturated rings. The maximum Gasteiger partial charge on any atom is 0.416 e. The summed E-state index contributed by atoms with van der Waals surface area (Å²) in [7, 11) is 0. The number of anilines is 2. The van der Waals surface area contributed by atoms with Crippen molar-refractivity contribution in [3.05, 3.63) is 83.2 Å². The highest BCUT2D eigenvalue weighted by Gasteiger charge is 2.30. The van der Waals surface area contributed by atoms with Crippen molar-refractivity contribution in [2.24, 2.45) is 0 Å². The standard InChI is InChI=1S/C22H15F3N4O3/c23-22(24,25)13-5-3-12(4-6-13)19(30)29-21(32)27-15-7-8-16-17(10-14-2-1-9-26-14)20(31)28-18(16)11-15/h1-11,26H,(H,28,31)(H2,27,29,30,32). The Morgan fingerprint density at radius 1 is 1.00 bits per heavy atom. The molecule has 1 aromatic heterocycles. The molecular weight excluding hydrogens is 425 g/mol. The first-order chi connectivity index (χ1) is 15.2. The van der Waals surface area contributed by atoms with Crippen molar-refractivity contribution >= 4 is 40.9 Å². The van der Waals surface area contributed by atoms with Crippen LogP contribution in [-0.4, -0.2) is 22.8 Å². The van der Waals surface area contributed by atoms with Gasteiger partial charge in [0, 0.05) is 28.7 Å². The lowest BCUT2D eigenvalue weighted by molar-refractivity contribution is -0.137. The third kappa shape index (κ3) is 4.38. The highest BCUT2D eigenvalue weighted by molar-refractivity contribution is 6.35. The van der Waals surface area contributed by atoms with Crippen LogP contribution >= 0.6 is 0 Å². The Morgan fingerprint density at radius 3 is 2.41 bits per heavy atom. The van der Waals surface area contributed by atoms with E-state index in [1.54, 1.807) is 30.5 Å². The molecule has 7 nitrogen and oxygen atoms in total. The Bertz CT molecular complexity index is 1230. The second-order valence-electron chi connectivity index (χ2n) is 6.88. The van der Waals surface area contributed by atoms with Gasteiger partial charge in [-0.05, 0) is 54.6 Å². The third-order valence-electron chi connectivity index (χ3n) is 4.68. The van der Waals surface area contributed by atoms with Crippen molar-refractivity contribution in [1.29, 1.82) is 0 Å². The normalized spacial score (nSPS) is 14.1. The lowest BCUT2D eigenvalue weighted by atomic mass is 10.1. The zero-order valence-electron chi connectivity index (χ0n) is 16.2. The van der Waals surface area contributed by atoms with E-state index >= 15 is 0 Å². The minimum absolute atomic E-state index is 0.103. The van der Waals surface area contributed by atoms with Gasteiger partial charge in [-0.3, -0.25) is 14.9 Å². The molecule has 0 saturated heterocycles. The minimum atomic E-state index is -4.52. The third-order valence-corrected chi connectivity index (χ3v) is 4.68. The molecule has 0 atom stereocenters. The first-order valence-corrected chi connectivity index (χ1v) is 9.31. The van der Waals surface area contributed by atoms with E-state index in [9.17, 15) is 27.6 Å². The van der Waals surface area contributed by atoms with Crippen LogP contribution in [0.4, 0.5) is 29.3 Å². The number of aromatic amines is 1. The number of H-pyrrole nitrogens is 1. The number of aromatic nitrogens is 1. The average molecular weight is 440 g/mol. The minimum Gasteiger partial charge on any atom is -0.362 e. The lowest BCUT2D eigenvalue weighted by Crippen LogP contribution is -2.34. The van der Waals surface area contributed by atoms with Crippen molar-refractivity contribution in [2.45, 2.75) is 6.18 Å². The molecule has 4 N–H and O–H groups in total. The van der Waals surface area contributed by atoms with Gasteiger partial charge in [0.1, 0.15) is 0 Å². The molecule has 0 spiro atoms. The fourth-order valence-corrected chi connectivity index (χ4v) is 3.15. The van der Waals surface area contributed by atoms with Crippen molar-refractivity contribution in [1.82, 2.24) is 10.3 Å². The SMILES string of the molecule is O=C(NC(=O)c1ccc(C(F)(F)F)cc1)Nc1ccc2c(c1)NC(=O)C2=Cc1ccc[nH]1. The molecule has 1 aliphatic rings. The van der Waals surface area contributed by atoms with Gasteiger partial charge in [0.15, 0.2) is 0 Å². The van der Waals surface area contributed by atoms with Gasteiger partial charge in [-0.25, -0.2) is 4.79 Å². The van der Waals surface area contributed by atoms with E-state index < -0.39 is 23.7 Å². The molecule has 0 saturated carbocycles. The number of imide groups is 1. The van der Waals surface area contributed by atoms with Crippen LogP contribution in [0, 0.1) is 0 Å². The van der Waals surface area contributed by atoms with Gasteiger partial charge in [0.25, 0.3) is 11.8 Å². The second kappa shape index (κ2) is 8.06. The number of nitrogens with one attached hydrogen (secondary N) is 4. The summed E-state index contributed by atoms with van der Waals surface area (Å²) >= 11 is 0. The summed E-state index contributed by atoms with van der Waals surface area (Å²) in [6.45, 7) is 0. The Labute approximate surface area is 179 Å². The largest absolute Gasteiger partial charge is 0.416 e. The van der Waals surface area contributed by atoms with E-state index in [0.717, 1.165) is 30.0 Å². The van der Waals surface area contributed by atoms with E-state index in [1.165, 1.54) is 6.07 Å². The van der Waals surface area contributed by atoms with E-state index in [2.05, 4.69) is 15.6 Å². The topological polar surface area (TPSA) is 103 Å². The maximum atomic E-state index is 12.6. The van der Waals surface area contributed by atoms with E-state index in [0.29, 0.717) is 22.5 Å². The number of halogens is 3. The highest BCUT2D eigenvalue weighted by Crippen LogP contribution is 2.35. The van der Waals surface area contributed by atoms with Crippen molar-refractivity contribution < 1.29 is 27.6 Å². The zero-order valence-corrected chi connectivity index (χ0v) is 16.2. The smallest absolute Gasteiger partial charge is 0.362 e. The van der Waals surface area contributed by atoms with Gasteiger partial charge < -0.3 is 15.6 Å². The molecule has 2 aromatic carbocycles. The summed E-state index contributed by atoms with van der Waals surface area (Å²) in [4.78, 5) is 39.5. The van der Waals surface area contributed by atoms with Gasteiger partial charge in [-0.1, -0.05) is 6.07 Å². The van der Waals surface area contributed by atoms with Crippen molar-refractivity contribution in [2.75, 3.05) is 10.6 Å². The summed E-state index contributed by atoms with van der Waals surface area (Å²) < 4.78 is 37.8. The van der Waals surface area contributed by atoms with E-state index in [1.807, 2.05) is 11.4 Å². The first kappa shape index (κ1) is 20.9. The summed E-state index contributed by atoms with van der Waals surface area (Å²) in [5, 5.41) is 7.21. The average Bonchev–Trinajstić information content (AvgIpc) is 3.35. The molecule has 4 amide bonds. The highest BCUT2D eigenvalue weighted by atomic mass is 19.4. The van der Waals surface area contributed by atoms with Crippen molar-refractivity contribution in [3.8, 4) is 0 Å². The number of alkyl halides is 3. The van der Waals surface area contributed by atoms with Crippen LogP contribution < -0.4 is 16.0 Å². The molecule has 1 aliphatic heterocycles. The Morgan fingerprint density at radius 2 is 1.75 bits per heavy atom. The van der Waals surface area contributed by atoms with Gasteiger partial charge in [0.05, 0.1) is 16.8 Å². The maximum absolute atomic E-state index is 12.6. The number of benzene rings is 2. The summed E-state index contributed by atoms with van der Waals surface area (Å²) in [6, 6.07) is 11.0. The quantitative estimate of drug-likeness (QED) is 0.451. The Kier molecular flexibility index (Phi) is 5.27. The molecule has 0 unspecified atom stereocenters. The fourth-order valence-electron chi connectivity index (χ4n) is 3.15. The van der Waals surface area contributed by atoms with Crippen LogP contribution in [-0.2, 0) is 11.0 Å². The number of fused-ring (bicyclic) bond motifs is 1. The number of carbonyl (C=O) groups excluding carboxylic acids is 3. The number of carbonyl (C=O) groups is 3.